The van der Waals surface area contributed by atoms with Gasteiger partial charge >= 0.3 is 0 Å². The van der Waals surface area contributed by atoms with E-state index in [0.29, 0.717) is 29.3 Å². The van der Waals surface area contributed by atoms with Crippen LogP contribution in [-0.2, 0) is 9.53 Å². The van der Waals surface area contributed by atoms with Gasteiger partial charge < -0.3 is 21.2 Å². The van der Waals surface area contributed by atoms with Crippen LogP contribution in [0.4, 0.5) is 11.6 Å². The number of rotatable bonds is 7. The highest BCUT2D eigenvalue weighted by Gasteiger charge is 2.06. The molecule has 6 N–H and O–H groups in total. The fourth-order valence-electron chi connectivity index (χ4n) is 1.01. The molecule has 0 saturated carbocycles. The lowest BCUT2D eigenvalue weighted by atomic mass is 10.5. The third-order valence-electron chi connectivity index (χ3n) is 1.71. The molecule has 9 heteroatoms. The zero-order chi connectivity index (χ0) is 12.7. The number of primary amides is 1. The Morgan fingerprint density at radius 3 is 2.82 bits per heavy atom. The van der Waals surface area contributed by atoms with Crippen molar-refractivity contribution in [3.05, 3.63) is 10.8 Å². The Hall–Kier alpha value is -1.45. The third kappa shape index (κ3) is 4.51. The zero-order valence-electron chi connectivity index (χ0n) is 8.94. The lowest BCUT2D eigenvalue weighted by Gasteiger charge is -2.09. The predicted octanol–water partition coefficient (Wildman–Crippen LogP) is -0.562. The topological polar surface area (TPSA) is 128 Å². The molecule has 17 heavy (non-hydrogen) atoms. The quantitative estimate of drug-likeness (QED) is 0.302. The van der Waals surface area contributed by atoms with Gasteiger partial charge in [-0.1, -0.05) is 0 Å². The lowest BCUT2D eigenvalue weighted by molar-refractivity contribution is -0.122. The molecular weight excluding hydrogens is 292 g/mol. The van der Waals surface area contributed by atoms with Crippen molar-refractivity contribution in [3.63, 3.8) is 0 Å². The summed E-state index contributed by atoms with van der Waals surface area (Å²) in [4.78, 5) is 18.3. The summed E-state index contributed by atoms with van der Waals surface area (Å²) in [6.07, 6.45) is 1.37. The van der Waals surface area contributed by atoms with Gasteiger partial charge in [-0.3, -0.25) is 4.79 Å². The molecule has 0 aromatic carbocycles. The maximum Gasteiger partial charge on any atom is 0.243 e. The SMILES string of the molecule is NNc1ncnc(NCCOCC(N)=O)c1Br. The molecule has 0 unspecified atom stereocenters. The number of nitrogen functional groups attached to an aromatic ring is 1. The number of carbonyl (C=O) groups excluding carboxylic acids is 1. The number of nitrogens with two attached hydrogens (primary N) is 2. The molecule has 0 spiro atoms. The molecule has 0 radical (unpaired) electrons. The number of halogens is 1. The smallest absolute Gasteiger partial charge is 0.243 e. The molecule has 0 aliphatic heterocycles. The fourth-order valence-corrected chi connectivity index (χ4v) is 1.47. The average molecular weight is 305 g/mol. The van der Waals surface area contributed by atoms with Gasteiger partial charge in [0.2, 0.25) is 5.91 Å². The van der Waals surface area contributed by atoms with Gasteiger partial charge in [0.1, 0.15) is 23.2 Å². The molecule has 0 atom stereocenters. The van der Waals surface area contributed by atoms with Crippen LogP contribution in [0, 0.1) is 0 Å². The van der Waals surface area contributed by atoms with Gasteiger partial charge in [-0.2, -0.15) is 0 Å². The van der Waals surface area contributed by atoms with E-state index in [9.17, 15) is 4.79 Å². The molecule has 1 rings (SSSR count). The maximum atomic E-state index is 10.4. The van der Waals surface area contributed by atoms with Crippen molar-refractivity contribution in [2.24, 2.45) is 11.6 Å². The van der Waals surface area contributed by atoms with E-state index in [1.165, 1.54) is 6.33 Å². The molecule has 94 valence electrons. The van der Waals surface area contributed by atoms with Crippen LogP contribution in [-0.4, -0.2) is 35.6 Å². The summed E-state index contributed by atoms with van der Waals surface area (Å²) in [7, 11) is 0. The van der Waals surface area contributed by atoms with Gasteiger partial charge in [-0.05, 0) is 15.9 Å². The van der Waals surface area contributed by atoms with Crippen LogP contribution in [0.5, 0.6) is 0 Å². The predicted molar refractivity (Wildman–Crippen MR) is 66.0 cm³/mol. The third-order valence-corrected chi connectivity index (χ3v) is 2.46. The summed E-state index contributed by atoms with van der Waals surface area (Å²) in [6.45, 7) is 0.722. The van der Waals surface area contributed by atoms with Gasteiger partial charge in [-0.15, -0.1) is 0 Å². The first kappa shape index (κ1) is 13.6. The molecule has 1 heterocycles. The molecule has 1 amide bonds. The lowest BCUT2D eigenvalue weighted by Crippen LogP contribution is -2.21. The zero-order valence-corrected chi connectivity index (χ0v) is 10.5. The summed E-state index contributed by atoms with van der Waals surface area (Å²) in [5, 5.41) is 2.99. The van der Waals surface area contributed by atoms with Crippen molar-refractivity contribution in [2.45, 2.75) is 0 Å². The van der Waals surface area contributed by atoms with Crippen LogP contribution in [0.15, 0.2) is 10.8 Å². The number of nitrogens with zero attached hydrogens (tertiary/aromatic N) is 2. The van der Waals surface area contributed by atoms with Crippen molar-refractivity contribution < 1.29 is 9.53 Å². The molecule has 0 bridgehead atoms. The van der Waals surface area contributed by atoms with Crippen molar-refractivity contribution in [1.82, 2.24) is 9.97 Å². The van der Waals surface area contributed by atoms with Crippen LogP contribution in [0.25, 0.3) is 0 Å². The second kappa shape index (κ2) is 6.99. The summed E-state index contributed by atoms with van der Waals surface area (Å²) < 4.78 is 5.60. The second-order valence-electron chi connectivity index (χ2n) is 2.97. The van der Waals surface area contributed by atoms with Crippen molar-refractivity contribution in [2.75, 3.05) is 30.5 Å². The number of hydrogen-bond donors (Lipinski definition) is 4. The highest BCUT2D eigenvalue weighted by molar-refractivity contribution is 9.10. The fraction of sp³-hybridized carbons (Fsp3) is 0.375. The van der Waals surface area contributed by atoms with E-state index >= 15 is 0 Å². The summed E-state index contributed by atoms with van der Waals surface area (Å²) in [6, 6.07) is 0. The standard InChI is InChI=1S/C8H13BrN6O2/c9-6-7(13-4-14-8(6)15-11)12-1-2-17-3-5(10)16/h4H,1-3,11H2,(H2,10,16)(H2,12,13,14,15). The van der Waals surface area contributed by atoms with Gasteiger partial charge in [-0.25, -0.2) is 15.8 Å². The minimum Gasteiger partial charge on any atom is -0.370 e. The minimum absolute atomic E-state index is 0.0950. The van der Waals surface area contributed by atoms with Crippen LogP contribution in [0.2, 0.25) is 0 Å². The van der Waals surface area contributed by atoms with Crippen LogP contribution in [0.3, 0.4) is 0 Å². The van der Waals surface area contributed by atoms with Gasteiger partial charge in [0, 0.05) is 6.54 Å². The molecule has 0 saturated heterocycles. The number of ether oxygens (including phenoxy) is 1. The summed E-state index contributed by atoms with van der Waals surface area (Å²) in [5.74, 6) is 5.81. The number of aromatic nitrogens is 2. The van der Waals surface area contributed by atoms with Gasteiger partial charge in [0.05, 0.1) is 6.61 Å². The van der Waals surface area contributed by atoms with E-state index in [1.54, 1.807) is 0 Å². The molecule has 1 aromatic rings. The summed E-state index contributed by atoms with van der Waals surface area (Å²) >= 11 is 3.29. The first-order valence-corrected chi connectivity index (χ1v) is 5.51. The largest absolute Gasteiger partial charge is 0.370 e. The Bertz CT molecular complexity index is 388. The van der Waals surface area contributed by atoms with E-state index in [1.807, 2.05) is 0 Å². The Morgan fingerprint density at radius 1 is 1.47 bits per heavy atom. The minimum atomic E-state index is -0.497. The molecule has 0 aliphatic rings. The number of nitrogens with one attached hydrogen (secondary N) is 2. The molecule has 0 aliphatic carbocycles. The van der Waals surface area contributed by atoms with Gasteiger partial charge in [0.15, 0.2) is 5.82 Å². The first-order valence-electron chi connectivity index (χ1n) is 4.72. The molecular formula is C8H13BrN6O2. The number of hydrogen-bond acceptors (Lipinski definition) is 7. The van der Waals surface area contributed by atoms with Crippen molar-refractivity contribution in [3.8, 4) is 0 Å². The number of carbonyl (C=O) groups is 1. The first-order chi connectivity index (χ1) is 8.15. The van der Waals surface area contributed by atoms with Crippen molar-refractivity contribution >= 4 is 33.5 Å². The Labute approximate surface area is 106 Å². The summed E-state index contributed by atoms with van der Waals surface area (Å²) in [5.41, 5.74) is 7.33. The van der Waals surface area contributed by atoms with Crippen LogP contribution < -0.4 is 22.3 Å². The second-order valence-corrected chi connectivity index (χ2v) is 3.77. The van der Waals surface area contributed by atoms with Crippen molar-refractivity contribution in [1.29, 1.82) is 0 Å². The van der Waals surface area contributed by atoms with E-state index in [0.717, 1.165) is 0 Å². The van der Waals surface area contributed by atoms with E-state index in [2.05, 4.69) is 36.6 Å². The normalized spacial score (nSPS) is 10.0. The molecule has 1 aromatic heterocycles. The van der Waals surface area contributed by atoms with E-state index in [-0.39, 0.29) is 6.61 Å². The Morgan fingerprint density at radius 2 is 2.18 bits per heavy atom. The number of hydrazine groups is 1. The van der Waals surface area contributed by atoms with E-state index in [4.69, 9.17) is 16.3 Å². The number of amides is 1. The van der Waals surface area contributed by atoms with Crippen LogP contribution in [0.1, 0.15) is 0 Å². The average Bonchev–Trinajstić information content (AvgIpc) is 2.30. The highest BCUT2D eigenvalue weighted by atomic mass is 79.9. The maximum absolute atomic E-state index is 10.4. The highest BCUT2D eigenvalue weighted by Crippen LogP contribution is 2.25. The number of anilines is 2. The Kier molecular flexibility index (Phi) is 5.60. The molecule has 0 fully saturated rings. The van der Waals surface area contributed by atoms with Crippen LogP contribution >= 0.6 is 15.9 Å². The van der Waals surface area contributed by atoms with E-state index < -0.39 is 5.91 Å². The van der Waals surface area contributed by atoms with Gasteiger partial charge in [0.25, 0.3) is 0 Å². The monoisotopic (exact) mass is 304 g/mol. The molecule has 8 nitrogen and oxygen atoms in total. The Balaban J connectivity index is 2.39.